The molecule has 0 radical (unpaired) electrons. The molecule has 3 rings (SSSR count). The number of amides is 1. The number of hydrogen-bond donors (Lipinski definition) is 1. The third-order valence-electron chi connectivity index (χ3n) is 3.36. The Bertz CT molecular complexity index is 723. The van der Waals surface area contributed by atoms with E-state index in [4.69, 9.17) is 9.47 Å². The second kappa shape index (κ2) is 6.78. The molecular formula is C16H16N2O4S. The summed E-state index contributed by atoms with van der Waals surface area (Å²) in [6.45, 7) is 2.39. The van der Waals surface area contributed by atoms with Gasteiger partial charge in [0.05, 0.1) is 5.25 Å². The average molecular weight is 332 g/mol. The maximum atomic E-state index is 12.2. The summed E-state index contributed by atoms with van der Waals surface area (Å²) in [5, 5.41) is 14.6. The van der Waals surface area contributed by atoms with Crippen molar-refractivity contribution < 1.29 is 19.0 Å². The van der Waals surface area contributed by atoms with Gasteiger partial charge in [-0.2, -0.15) is 4.73 Å². The van der Waals surface area contributed by atoms with E-state index < -0.39 is 0 Å². The van der Waals surface area contributed by atoms with E-state index >= 15 is 0 Å². The Labute approximate surface area is 138 Å². The van der Waals surface area contributed by atoms with Crippen LogP contribution in [-0.2, 0) is 11.3 Å². The normalized spacial score (nSPS) is 13.6. The molecule has 0 aliphatic carbocycles. The molecule has 120 valence electrons. The van der Waals surface area contributed by atoms with E-state index in [-0.39, 0.29) is 18.0 Å². The second-order valence-corrected chi connectivity index (χ2v) is 6.39. The average Bonchev–Trinajstić information content (AvgIpc) is 3.02. The Morgan fingerprint density at radius 1 is 1.35 bits per heavy atom. The Balaban J connectivity index is 1.55. The molecule has 0 saturated carbocycles. The van der Waals surface area contributed by atoms with E-state index in [1.54, 1.807) is 25.1 Å². The van der Waals surface area contributed by atoms with Crippen LogP contribution in [0.2, 0.25) is 0 Å². The first-order chi connectivity index (χ1) is 11.1. The van der Waals surface area contributed by atoms with Crippen LogP contribution in [0.1, 0.15) is 12.5 Å². The lowest BCUT2D eigenvalue weighted by molar-refractivity contribution is -0.645. The number of rotatable bonds is 5. The lowest BCUT2D eigenvalue weighted by Crippen LogP contribution is -2.33. The molecule has 1 aromatic heterocycles. The fourth-order valence-electron chi connectivity index (χ4n) is 2.12. The highest BCUT2D eigenvalue weighted by Crippen LogP contribution is 2.32. The summed E-state index contributed by atoms with van der Waals surface area (Å²) in [5.74, 6) is 1.28. The molecule has 1 amide bonds. The van der Waals surface area contributed by atoms with Gasteiger partial charge in [0.15, 0.2) is 17.7 Å². The van der Waals surface area contributed by atoms with Gasteiger partial charge in [0.25, 0.3) is 5.03 Å². The third kappa shape index (κ3) is 3.68. The molecule has 0 bridgehead atoms. The maximum Gasteiger partial charge on any atom is 0.252 e. The zero-order valence-electron chi connectivity index (χ0n) is 12.5. The van der Waals surface area contributed by atoms with Gasteiger partial charge in [-0.25, -0.2) is 0 Å². The highest BCUT2D eigenvalue weighted by Gasteiger charge is 2.19. The topological polar surface area (TPSA) is 74.5 Å². The van der Waals surface area contributed by atoms with Gasteiger partial charge in [-0.15, -0.1) is 0 Å². The van der Waals surface area contributed by atoms with Gasteiger partial charge >= 0.3 is 0 Å². The van der Waals surface area contributed by atoms with Gasteiger partial charge in [0.2, 0.25) is 12.7 Å². The van der Waals surface area contributed by atoms with Crippen molar-refractivity contribution >= 4 is 17.7 Å². The Hall–Kier alpha value is -2.41. The number of hydrogen-bond acceptors (Lipinski definition) is 5. The number of fused-ring (bicyclic) bond motifs is 1. The lowest BCUT2D eigenvalue weighted by Gasteiger charge is -2.11. The summed E-state index contributed by atoms with van der Waals surface area (Å²) in [4.78, 5) is 12.2. The molecule has 0 spiro atoms. The number of ether oxygens (including phenoxy) is 2. The largest absolute Gasteiger partial charge is 0.618 e. The van der Waals surface area contributed by atoms with Gasteiger partial charge in [-0.3, -0.25) is 4.79 Å². The van der Waals surface area contributed by atoms with Crippen molar-refractivity contribution in [2.75, 3.05) is 6.79 Å². The zero-order chi connectivity index (χ0) is 16.2. The standard InChI is InChI=1S/C16H16N2O4S/c1-11(23-15-4-2-3-7-18(15)20)16(19)17-9-12-5-6-13-14(8-12)22-10-21-13/h2-8,11H,9-10H2,1H3,(H,17,19)/t11-/m1/s1. The van der Waals surface area contributed by atoms with Gasteiger partial charge in [0.1, 0.15) is 0 Å². The molecule has 0 saturated heterocycles. The molecule has 6 nitrogen and oxygen atoms in total. The minimum Gasteiger partial charge on any atom is -0.618 e. The van der Waals surface area contributed by atoms with Gasteiger partial charge < -0.3 is 20.0 Å². The van der Waals surface area contributed by atoms with Crippen molar-refractivity contribution in [2.24, 2.45) is 0 Å². The summed E-state index contributed by atoms with van der Waals surface area (Å²) in [7, 11) is 0. The number of nitrogens with one attached hydrogen (secondary N) is 1. The number of nitrogens with zero attached hydrogens (tertiary/aromatic N) is 1. The molecule has 2 aromatic rings. The number of pyridine rings is 1. The van der Waals surface area contributed by atoms with Crippen molar-refractivity contribution in [3.05, 3.63) is 53.4 Å². The minimum atomic E-state index is -0.369. The molecule has 1 N–H and O–H groups in total. The van der Waals surface area contributed by atoms with Crippen molar-refractivity contribution in [1.82, 2.24) is 5.32 Å². The zero-order valence-corrected chi connectivity index (χ0v) is 13.3. The Morgan fingerprint density at radius 3 is 3.00 bits per heavy atom. The van der Waals surface area contributed by atoms with E-state index in [1.165, 1.54) is 18.0 Å². The molecule has 1 aliphatic heterocycles. The van der Waals surface area contributed by atoms with Gasteiger partial charge in [0, 0.05) is 18.7 Å². The number of carbonyl (C=O) groups excluding carboxylic acids is 1. The van der Waals surface area contributed by atoms with Crippen LogP contribution in [0.25, 0.3) is 0 Å². The van der Waals surface area contributed by atoms with Crippen molar-refractivity contribution in [3.63, 3.8) is 0 Å². The van der Waals surface area contributed by atoms with Crippen LogP contribution in [0.5, 0.6) is 11.5 Å². The molecule has 0 unspecified atom stereocenters. The molecule has 1 aromatic carbocycles. The van der Waals surface area contributed by atoms with E-state index in [1.807, 2.05) is 18.2 Å². The summed E-state index contributed by atoms with van der Waals surface area (Å²) in [6.07, 6.45) is 1.42. The smallest absolute Gasteiger partial charge is 0.252 e. The van der Waals surface area contributed by atoms with Gasteiger partial charge in [-0.05, 0) is 42.4 Å². The molecule has 1 aliphatic rings. The quantitative estimate of drug-likeness (QED) is 0.514. The fraction of sp³-hybridized carbons (Fsp3) is 0.250. The molecular weight excluding hydrogens is 316 g/mol. The highest BCUT2D eigenvalue weighted by molar-refractivity contribution is 8.00. The summed E-state index contributed by atoms with van der Waals surface area (Å²) >= 11 is 1.23. The highest BCUT2D eigenvalue weighted by atomic mass is 32.2. The molecule has 1 atom stereocenters. The summed E-state index contributed by atoms with van der Waals surface area (Å²) in [5.41, 5.74) is 0.929. The van der Waals surface area contributed by atoms with Crippen LogP contribution in [0.4, 0.5) is 0 Å². The fourth-order valence-corrected chi connectivity index (χ4v) is 3.00. The lowest BCUT2D eigenvalue weighted by atomic mass is 10.2. The second-order valence-electron chi connectivity index (χ2n) is 5.03. The van der Waals surface area contributed by atoms with Crippen LogP contribution in [0, 0.1) is 5.21 Å². The summed E-state index contributed by atoms with van der Waals surface area (Å²) < 4.78 is 11.3. The van der Waals surface area contributed by atoms with Crippen LogP contribution in [-0.4, -0.2) is 18.0 Å². The summed E-state index contributed by atoms with van der Waals surface area (Å²) in [6, 6.07) is 10.7. The van der Waals surface area contributed by atoms with E-state index in [0.717, 1.165) is 10.3 Å². The van der Waals surface area contributed by atoms with Crippen LogP contribution in [0.15, 0.2) is 47.6 Å². The maximum absolute atomic E-state index is 12.2. The first kappa shape index (κ1) is 15.5. The van der Waals surface area contributed by atoms with E-state index in [0.29, 0.717) is 23.1 Å². The SMILES string of the molecule is C[C@@H](Sc1cccc[n+]1[O-])C(=O)NCc1ccc2c(c1)OCO2. The monoisotopic (exact) mass is 332 g/mol. The first-order valence-electron chi connectivity index (χ1n) is 7.14. The number of benzene rings is 1. The van der Waals surface area contributed by atoms with Gasteiger partial charge in [-0.1, -0.05) is 6.07 Å². The van der Waals surface area contributed by atoms with Crippen LogP contribution in [0.3, 0.4) is 0 Å². The number of carbonyl (C=O) groups is 1. The predicted molar refractivity (Wildman–Crippen MR) is 85.1 cm³/mol. The van der Waals surface area contributed by atoms with Crippen LogP contribution >= 0.6 is 11.8 Å². The number of thioether (sulfide) groups is 1. The third-order valence-corrected chi connectivity index (χ3v) is 4.48. The Kier molecular flexibility index (Phi) is 4.57. The molecule has 2 heterocycles. The minimum absolute atomic E-state index is 0.128. The first-order valence-corrected chi connectivity index (χ1v) is 8.02. The van der Waals surface area contributed by atoms with Crippen molar-refractivity contribution in [1.29, 1.82) is 0 Å². The molecule has 7 heteroatoms. The Morgan fingerprint density at radius 2 is 2.17 bits per heavy atom. The molecule has 0 fully saturated rings. The predicted octanol–water partition coefficient (Wildman–Crippen LogP) is 1.85. The number of aromatic nitrogens is 1. The van der Waals surface area contributed by atoms with Crippen molar-refractivity contribution in [2.45, 2.75) is 23.7 Å². The van der Waals surface area contributed by atoms with Crippen LogP contribution < -0.4 is 19.5 Å². The van der Waals surface area contributed by atoms with E-state index in [2.05, 4.69) is 5.32 Å². The van der Waals surface area contributed by atoms with Crippen molar-refractivity contribution in [3.8, 4) is 11.5 Å². The van der Waals surface area contributed by atoms with E-state index in [9.17, 15) is 10.0 Å². The molecule has 23 heavy (non-hydrogen) atoms.